The Morgan fingerprint density at radius 1 is 1.41 bits per heavy atom. The number of aromatic nitrogens is 2. The number of unbranched alkanes of at least 4 members (excludes halogenated alkanes) is 1. The molecule has 0 saturated carbocycles. The van der Waals surface area contributed by atoms with Crippen LogP contribution < -0.4 is 0 Å². The largest absolute Gasteiger partial charge is 0.396 e. The van der Waals surface area contributed by atoms with Crippen LogP contribution in [0.3, 0.4) is 0 Å². The normalized spacial score (nSPS) is 31.3. The third-order valence-corrected chi connectivity index (χ3v) is 6.21. The van der Waals surface area contributed by atoms with Gasteiger partial charge in [0.05, 0.1) is 12.3 Å². The van der Waals surface area contributed by atoms with Crippen molar-refractivity contribution in [2.24, 2.45) is 5.41 Å². The molecule has 1 aromatic rings. The lowest BCUT2D eigenvalue weighted by molar-refractivity contribution is 0.0711. The van der Waals surface area contributed by atoms with Crippen molar-refractivity contribution in [3.8, 4) is 0 Å². The molecule has 2 aliphatic rings. The van der Waals surface area contributed by atoms with Crippen molar-refractivity contribution in [3.05, 3.63) is 16.7 Å². The van der Waals surface area contributed by atoms with Gasteiger partial charge in [0.15, 0.2) is 5.15 Å². The molecule has 2 saturated heterocycles. The third-order valence-electron chi connectivity index (χ3n) is 5.90. The number of rotatable bonds is 7. The number of H-pyrrole nitrogens is 1. The molecule has 3 heterocycles. The summed E-state index contributed by atoms with van der Waals surface area (Å²) in [4.78, 5) is 10.5. The van der Waals surface area contributed by atoms with Gasteiger partial charge in [0, 0.05) is 30.5 Å². The number of aromatic amines is 1. The average Bonchev–Trinajstić information content (AvgIpc) is 3.18. The predicted octanol–water partition coefficient (Wildman–Crippen LogP) is 3.53. The van der Waals surface area contributed by atoms with E-state index >= 15 is 0 Å². The van der Waals surface area contributed by atoms with E-state index in [9.17, 15) is 5.11 Å². The summed E-state index contributed by atoms with van der Waals surface area (Å²) < 4.78 is 0. The van der Waals surface area contributed by atoms with Crippen molar-refractivity contribution in [1.82, 2.24) is 14.9 Å². The van der Waals surface area contributed by atoms with Gasteiger partial charge in [-0.1, -0.05) is 31.9 Å². The molecule has 0 amide bonds. The van der Waals surface area contributed by atoms with Crippen LogP contribution in [-0.2, 0) is 13.0 Å². The molecule has 3 rings (SSSR count). The molecule has 3 atom stereocenters. The maximum Gasteiger partial charge on any atom is 0.151 e. The van der Waals surface area contributed by atoms with Gasteiger partial charge in [-0.3, -0.25) is 4.90 Å². The number of imidazole rings is 1. The Morgan fingerprint density at radius 2 is 2.23 bits per heavy atom. The van der Waals surface area contributed by atoms with Gasteiger partial charge in [0.25, 0.3) is 0 Å². The Morgan fingerprint density at radius 3 is 2.86 bits per heavy atom. The number of aryl methyl sites for hydroxylation is 1. The number of nitrogens with zero attached hydrogens (tertiary/aromatic N) is 2. The summed E-state index contributed by atoms with van der Waals surface area (Å²) in [5.74, 6) is 1.01. The molecule has 5 heteroatoms. The number of aliphatic hydroxyl groups is 1. The Labute approximate surface area is 138 Å². The van der Waals surface area contributed by atoms with Crippen LogP contribution in [0, 0.1) is 5.41 Å². The van der Waals surface area contributed by atoms with Crippen LogP contribution >= 0.6 is 11.6 Å². The van der Waals surface area contributed by atoms with E-state index in [1.165, 1.54) is 19.3 Å². The first-order chi connectivity index (χ1) is 10.6. The lowest BCUT2D eigenvalue weighted by Crippen LogP contribution is -2.39. The Kier molecular flexibility index (Phi) is 4.81. The lowest BCUT2D eigenvalue weighted by atomic mass is 9.72. The predicted molar refractivity (Wildman–Crippen MR) is 89.0 cm³/mol. The number of hydrogen-bond acceptors (Lipinski definition) is 3. The van der Waals surface area contributed by atoms with Gasteiger partial charge in [0.1, 0.15) is 5.82 Å². The molecule has 2 aliphatic heterocycles. The van der Waals surface area contributed by atoms with Gasteiger partial charge < -0.3 is 10.1 Å². The Bertz CT molecular complexity index is 512. The standard InChI is InChI=1S/C17H28ClN3O/c1-3-5-6-15-19-13(16(18)20-15)10-21-12-7-8-14(21)17(4-2,9-12)11-22/h12,14,22H,3-11H2,1-2H3,(H,19,20)/t12-,14+,17-/m0/s1. The zero-order valence-electron chi connectivity index (χ0n) is 13.7. The molecule has 2 bridgehead atoms. The maximum atomic E-state index is 9.91. The summed E-state index contributed by atoms with van der Waals surface area (Å²) in [7, 11) is 0. The van der Waals surface area contributed by atoms with Gasteiger partial charge in [-0.2, -0.15) is 0 Å². The van der Waals surface area contributed by atoms with Crippen molar-refractivity contribution < 1.29 is 5.11 Å². The summed E-state index contributed by atoms with van der Waals surface area (Å²) in [6.07, 6.45) is 7.91. The first-order valence-corrected chi connectivity index (χ1v) is 9.11. The number of fused-ring (bicyclic) bond motifs is 2. The minimum absolute atomic E-state index is 0.0977. The van der Waals surface area contributed by atoms with Crippen LogP contribution in [-0.4, -0.2) is 38.7 Å². The number of aliphatic hydroxyl groups excluding tert-OH is 1. The summed E-state index contributed by atoms with van der Waals surface area (Å²) >= 11 is 6.34. The number of hydrogen-bond donors (Lipinski definition) is 2. The van der Waals surface area contributed by atoms with Crippen LogP contribution in [0.4, 0.5) is 0 Å². The zero-order valence-corrected chi connectivity index (χ0v) is 14.5. The average molecular weight is 326 g/mol. The highest BCUT2D eigenvalue weighted by Crippen LogP contribution is 2.51. The summed E-state index contributed by atoms with van der Waals surface area (Å²) in [5.41, 5.74) is 1.15. The smallest absolute Gasteiger partial charge is 0.151 e. The fourth-order valence-electron chi connectivity index (χ4n) is 4.51. The van der Waals surface area contributed by atoms with Gasteiger partial charge in [-0.25, -0.2) is 4.98 Å². The second kappa shape index (κ2) is 6.50. The van der Waals surface area contributed by atoms with E-state index in [4.69, 9.17) is 11.6 Å². The monoisotopic (exact) mass is 325 g/mol. The molecule has 0 unspecified atom stereocenters. The van der Waals surface area contributed by atoms with Crippen molar-refractivity contribution in [3.63, 3.8) is 0 Å². The second-order valence-corrected chi connectivity index (χ2v) is 7.41. The van der Waals surface area contributed by atoms with E-state index in [1.54, 1.807) is 0 Å². The minimum atomic E-state index is 0.0977. The van der Waals surface area contributed by atoms with Gasteiger partial charge in [-0.15, -0.1) is 0 Å². The van der Waals surface area contributed by atoms with Gasteiger partial charge >= 0.3 is 0 Å². The zero-order chi connectivity index (χ0) is 15.7. The van der Waals surface area contributed by atoms with E-state index in [2.05, 4.69) is 28.7 Å². The van der Waals surface area contributed by atoms with E-state index in [0.29, 0.717) is 23.8 Å². The molecular formula is C17H28ClN3O. The van der Waals surface area contributed by atoms with Crippen LogP contribution in [0.15, 0.2) is 0 Å². The van der Waals surface area contributed by atoms with E-state index in [1.807, 2.05) is 0 Å². The molecule has 0 spiro atoms. The maximum absolute atomic E-state index is 9.91. The summed E-state index contributed by atoms with van der Waals surface area (Å²) in [6.45, 7) is 5.54. The first kappa shape index (κ1) is 16.3. The molecule has 1 aromatic heterocycles. The van der Waals surface area contributed by atoms with Crippen molar-refractivity contribution >= 4 is 11.6 Å². The molecule has 2 fully saturated rings. The van der Waals surface area contributed by atoms with E-state index in [0.717, 1.165) is 43.7 Å². The summed E-state index contributed by atoms with van der Waals surface area (Å²) in [5, 5.41) is 10.5. The SMILES string of the molecule is CCCCc1nc(Cl)c(CN2[C@H]3CC[C@@H]2[C@](CC)(CO)C3)[nH]1. The Hall–Kier alpha value is -0.580. The fraction of sp³-hybridized carbons (Fsp3) is 0.824. The van der Waals surface area contributed by atoms with E-state index in [-0.39, 0.29) is 5.41 Å². The van der Waals surface area contributed by atoms with Crippen LogP contribution in [0.5, 0.6) is 0 Å². The van der Waals surface area contributed by atoms with Gasteiger partial charge in [-0.05, 0) is 32.1 Å². The third kappa shape index (κ3) is 2.70. The molecule has 4 nitrogen and oxygen atoms in total. The Balaban J connectivity index is 1.73. The number of halogens is 1. The van der Waals surface area contributed by atoms with Gasteiger partial charge in [0.2, 0.25) is 0 Å². The molecule has 2 N–H and O–H groups in total. The van der Waals surface area contributed by atoms with Crippen molar-refractivity contribution in [1.29, 1.82) is 0 Å². The molecule has 0 radical (unpaired) electrons. The van der Waals surface area contributed by atoms with E-state index < -0.39 is 0 Å². The quantitative estimate of drug-likeness (QED) is 0.806. The highest BCUT2D eigenvalue weighted by Gasteiger charge is 2.54. The second-order valence-electron chi connectivity index (χ2n) is 7.05. The highest BCUT2D eigenvalue weighted by atomic mass is 35.5. The number of nitrogens with one attached hydrogen (secondary N) is 1. The van der Waals surface area contributed by atoms with Crippen LogP contribution in [0.25, 0.3) is 0 Å². The summed E-state index contributed by atoms with van der Waals surface area (Å²) in [6, 6.07) is 1.08. The lowest BCUT2D eigenvalue weighted by Gasteiger charge is -2.35. The molecule has 22 heavy (non-hydrogen) atoms. The van der Waals surface area contributed by atoms with Crippen molar-refractivity contribution in [2.75, 3.05) is 6.61 Å². The topological polar surface area (TPSA) is 52.1 Å². The fourth-order valence-corrected chi connectivity index (χ4v) is 4.72. The molecule has 0 aliphatic carbocycles. The minimum Gasteiger partial charge on any atom is -0.396 e. The molecule has 124 valence electrons. The molecule has 0 aromatic carbocycles. The first-order valence-electron chi connectivity index (χ1n) is 8.73. The van der Waals surface area contributed by atoms with Crippen LogP contribution in [0.1, 0.15) is 63.9 Å². The van der Waals surface area contributed by atoms with Crippen molar-refractivity contribution in [2.45, 2.75) is 77.4 Å². The molecular weight excluding hydrogens is 298 g/mol. The van der Waals surface area contributed by atoms with Crippen LogP contribution in [0.2, 0.25) is 5.15 Å². The highest BCUT2D eigenvalue weighted by molar-refractivity contribution is 6.30.